The molecule has 0 aromatic heterocycles. The molecular formula is C23H25NO4S. The van der Waals surface area contributed by atoms with Crippen molar-refractivity contribution >= 4 is 29.1 Å². The van der Waals surface area contributed by atoms with Crippen molar-refractivity contribution < 1.29 is 19.1 Å². The zero-order chi connectivity index (χ0) is 21.0. The molecule has 1 heterocycles. The number of para-hydroxylation sites is 1. The lowest BCUT2D eigenvalue weighted by Gasteiger charge is -2.17. The van der Waals surface area contributed by atoms with E-state index in [-0.39, 0.29) is 23.6 Å². The molecule has 3 rings (SSSR count). The molecule has 1 aliphatic rings. The summed E-state index contributed by atoms with van der Waals surface area (Å²) in [5.74, 6) is 0.843. The van der Waals surface area contributed by atoms with Gasteiger partial charge in [0.05, 0.1) is 30.7 Å². The summed E-state index contributed by atoms with van der Waals surface area (Å²) in [6.07, 6.45) is 0. The van der Waals surface area contributed by atoms with E-state index in [1.54, 1.807) is 7.11 Å². The number of rotatable bonds is 8. The number of thioether (sulfide) groups is 1. The van der Waals surface area contributed by atoms with Gasteiger partial charge in [0.25, 0.3) is 11.8 Å². The van der Waals surface area contributed by atoms with Gasteiger partial charge in [0.2, 0.25) is 0 Å². The van der Waals surface area contributed by atoms with Gasteiger partial charge in [0, 0.05) is 10.8 Å². The summed E-state index contributed by atoms with van der Waals surface area (Å²) >= 11 is 1.42. The first-order chi connectivity index (χ1) is 14.0. The van der Waals surface area contributed by atoms with Crippen molar-refractivity contribution in [3.63, 3.8) is 0 Å². The summed E-state index contributed by atoms with van der Waals surface area (Å²) in [5.41, 5.74) is 1.96. The maximum absolute atomic E-state index is 13.3. The fourth-order valence-corrected chi connectivity index (χ4v) is 4.19. The number of imide groups is 1. The molecule has 0 fully saturated rings. The quantitative estimate of drug-likeness (QED) is 0.598. The molecule has 29 heavy (non-hydrogen) atoms. The van der Waals surface area contributed by atoms with Gasteiger partial charge in [-0.15, -0.1) is 11.8 Å². The van der Waals surface area contributed by atoms with Crippen LogP contribution in [-0.4, -0.2) is 35.7 Å². The standard InChI is InChI=1S/C23H25NO4S/c1-5-28-18-12-10-16(11-13-18)20-21(29-15(2)3)23(26)24(22(20)25)14-17-8-6-7-9-19(17)27-4/h6-13,15H,5,14H2,1-4H3. The van der Waals surface area contributed by atoms with Gasteiger partial charge < -0.3 is 9.47 Å². The lowest BCUT2D eigenvalue weighted by molar-refractivity contribution is -0.137. The minimum Gasteiger partial charge on any atom is -0.496 e. The number of amides is 2. The largest absolute Gasteiger partial charge is 0.496 e. The van der Waals surface area contributed by atoms with Crippen molar-refractivity contribution in [1.29, 1.82) is 0 Å². The molecule has 0 atom stereocenters. The molecular weight excluding hydrogens is 386 g/mol. The number of benzene rings is 2. The second-order valence-electron chi connectivity index (χ2n) is 6.84. The molecule has 0 aliphatic carbocycles. The van der Waals surface area contributed by atoms with Crippen LogP contribution in [0, 0.1) is 0 Å². The van der Waals surface area contributed by atoms with E-state index in [1.165, 1.54) is 16.7 Å². The first kappa shape index (κ1) is 21.0. The summed E-state index contributed by atoms with van der Waals surface area (Å²) < 4.78 is 10.9. The molecule has 0 spiro atoms. The molecule has 152 valence electrons. The Balaban J connectivity index is 1.96. The van der Waals surface area contributed by atoms with E-state index in [0.29, 0.717) is 22.8 Å². The molecule has 0 unspecified atom stereocenters. The van der Waals surface area contributed by atoms with Crippen molar-refractivity contribution in [2.75, 3.05) is 13.7 Å². The Bertz CT molecular complexity index is 934. The summed E-state index contributed by atoms with van der Waals surface area (Å²) in [6.45, 7) is 6.68. The third kappa shape index (κ3) is 4.48. The van der Waals surface area contributed by atoms with Gasteiger partial charge in [0.1, 0.15) is 11.5 Å². The minimum atomic E-state index is -0.284. The Morgan fingerprint density at radius 3 is 2.31 bits per heavy atom. The number of nitrogens with zero attached hydrogens (tertiary/aromatic N) is 1. The number of carbonyl (C=O) groups is 2. The smallest absolute Gasteiger partial charge is 0.268 e. The van der Waals surface area contributed by atoms with Gasteiger partial charge >= 0.3 is 0 Å². The number of ether oxygens (including phenoxy) is 2. The van der Waals surface area contributed by atoms with Gasteiger partial charge in [-0.25, -0.2) is 0 Å². The SMILES string of the molecule is CCOc1ccc(C2=C(SC(C)C)C(=O)N(Cc3ccccc3OC)C2=O)cc1. The first-order valence-electron chi connectivity index (χ1n) is 9.58. The Morgan fingerprint density at radius 2 is 1.69 bits per heavy atom. The van der Waals surface area contributed by atoms with Crippen LogP contribution in [0.4, 0.5) is 0 Å². The highest BCUT2D eigenvalue weighted by molar-refractivity contribution is 8.04. The van der Waals surface area contributed by atoms with E-state index >= 15 is 0 Å². The average molecular weight is 412 g/mol. The third-order valence-electron chi connectivity index (χ3n) is 4.45. The number of hydrogen-bond acceptors (Lipinski definition) is 5. The second-order valence-corrected chi connectivity index (χ2v) is 8.42. The lowest BCUT2D eigenvalue weighted by Crippen LogP contribution is -2.31. The van der Waals surface area contributed by atoms with Crippen LogP contribution in [0.1, 0.15) is 31.9 Å². The van der Waals surface area contributed by atoms with Crippen LogP contribution in [-0.2, 0) is 16.1 Å². The molecule has 0 bridgehead atoms. The minimum absolute atomic E-state index is 0.171. The fraction of sp³-hybridized carbons (Fsp3) is 0.304. The summed E-state index contributed by atoms with van der Waals surface area (Å²) in [4.78, 5) is 28.2. The maximum atomic E-state index is 13.3. The molecule has 0 radical (unpaired) electrons. The molecule has 2 amide bonds. The Hall–Kier alpha value is -2.73. The Morgan fingerprint density at radius 1 is 1.00 bits per heavy atom. The molecule has 2 aromatic carbocycles. The topological polar surface area (TPSA) is 55.8 Å². The molecule has 0 N–H and O–H groups in total. The fourth-order valence-electron chi connectivity index (χ4n) is 3.19. The van der Waals surface area contributed by atoms with Crippen LogP contribution >= 0.6 is 11.8 Å². The molecule has 6 heteroatoms. The summed E-state index contributed by atoms with van der Waals surface area (Å²) in [6, 6.07) is 14.7. The van der Waals surface area contributed by atoms with E-state index in [0.717, 1.165) is 16.9 Å². The Labute approximate surface area is 175 Å². The number of methoxy groups -OCH3 is 1. The first-order valence-corrected chi connectivity index (χ1v) is 10.5. The van der Waals surface area contributed by atoms with Crippen LogP contribution in [0.2, 0.25) is 0 Å². The van der Waals surface area contributed by atoms with Crippen molar-refractivity contribution in [3.05, 3.63) is 64.6 Å². The van der Waals surface area contributed by atoms with Crippen LogP contribution in [0.5, 0.6) is 11.5 Å². The lowest BCUT2D eigenvalue weighted by atomic mass is 10.1. The molecule has 0 saturated heterocycles. The van der Waals surface area contributed by atoms with E-state index in [9.17, 15) is 9.59 Å². The zero-order valence-electron chi connectivity index (χ0n) is 17.1. The highest BCUT2D eigenvalue weighted by Crippen LogP contribution is 2.39. The van der Waals surface area contributed by atoms with E-state index in [2.05, 4.69) is 0 Å². The van der Waals surface area contributed by atoms with Gasteiger partial charge in [-0.1, -0.05) is 44.2 Å². The Kier molecular flexibility index (Phi) is 6.64. The van der Waals surface area contributed by atoms with Gasteiger partial charge in [-0.3, -0.25) is 14.5 Å². The van der Waals surface area contributed by atoms with E-state index in [1.807, 2.05) is 69.3 Å². The average Bonchev–Trinajstić information content (AvgIpc) is 2.93. The second kappa shape index (κ2) is 9.18. The molecule has 2 aromatic rings. The highest BCUT2D eigenvalue weighted by Gasteiger charge is 2.39. The molecule has 0 saturated carbocycles. The van der Waals surface area contributed by atoms with E-state index < -0.39 is 0 Å². The number of carbonyl (C=O) groups excluding carboxylic acids is 2. The predicted molar refractivity (Wildman–Crippen MR) is 116 cm³/mol. The normalized spacial score (nSPS) is 14.2. The van der Waals surface area contributed by atoms with Crippen molar-refractivity contribution in [3.8, 4) is 11.5 Å². The highest BCUT2D eigenvalue weighted by atomic mass is 32.2. The summed E-state index contributed by atoms with van der Waals surface area (Å²) in [7, 11) is 1.58. The van der Waals surface area contributed by atoms with Crippen LogP contribution in [0.3, 0.4) is 0 Å². The van der Waals surface area contributed by atoms with Crippen molar-refractivity contribution in [2.45, 2.75) is 32.6 Å². The third-order valence-corrected chi connectivity index (χ3v) is 5.54. The maximum Gasteiger partial charge on any atom is 0.268 e. The van der Waals surface area contributed by atoms with Crippen molar-refractivity contribution in [1.82, 2.24) is 4.90 Å². The van der Waals surface area contributed by atoms with Gasteiger partial charge in [0.15, 0.2) is 0 Å². The molecule has 5 nitrogen and oxygen atoms in total. The van der Waals surface area contributed by atoms with Gasteiger partial charge in [-0.05, 0) is 30.7 Å². The van der Waals surface area contributed by atoms with Crippen LogP contribution in [0.15, 0.2) is 53.4 Å². The predicted octanol–water partition coefficient (Wildman–Crippen LogP) is 4.52. The van der Waals surface area contributed by atoms with Crippen LogP contribution < -0.4 is 9.47 Å². The monoisotopic (exact) mass is 411 g/mol. The van der Waals surface area contributed by atoms with E-state index in [4.69, 9.17) is 9.47 Å². The van der Waals surface area contributed by atoms with Crippen LogP contribution in [0.25, 0.3) is 5.57 Å². The van der Waals surface area contributed by atoms with Gasteiger partial charge in [-0.2, -0.15) is 0 Å². The number of hydrogen-bond donors (Lipinski definition) is 0. The molecule has 1 aliphatic heterocycles. The summed E-state index contributed by atoms with van der Waals surface area (Å²) in [5, 5.41) is 0.172. The zero-order valence-corrected chi connectivity index (χ0v) is 17.9. The van der Waals surface area contributed by atoms with Crippen molar-refractivity contribution in [2.24, 2.45) is 0 Å².